The SMILES string of the molecule is O=C(NCc1cn(CCOc2ccccc2)nn1)C(F)(F)F. The molecule has 1 heterocycles. The zero-order valence-corrected chi connectivity index (χ0v) is 11.4. The lowest BCUT2D eigenvalue weighted by Gasteiger charge is -2.06. The molecular formula is C13H13F3N4O2. The molecule has 0 saturated heterocycles. The van der Waals surface area contributed by atoms with E-state index in [0.29, 0.717) is 18.9 Å². The van der Waals surface area contributed by atoms with Crippen molar-refractivity contribution in [3.63, 3.8) is 0 Å². The summed E-state index contributed by atoms with van der Waals surface area (Å²) in [6.07, 6.45) is -3.45. The molecule has 1 amide bonds. The van der Waals surface area contributed by atoms with Crippen LogP contribution < -0.4 is 10.1 Å². The minimum Gasteiger partial charge on any atom is -0.492 e. The second kappa shape index (κ2) is 6.92. The van der Waals surface area contributed by atoms with Crippen molar-refractivity contribution in [2.75, 3.05) is 6.61 Å². The molecule has 0 aliphatic carbocycles. The van der Waals surface area contributed by atoms with Crippen molar-refractivity contribution in [1.29, 1.82) is 0 Å². The van der Waals surface area contributed by atoms with Crippen LogP contribution in [-0.4, -0.2) is 33.7 Å². The number of carbonyl (C=O) groups is 1. The van der Waals surface area contributed by atoms with E-state index in [9.17, 15) is 18.0 Å². The van der Waals surface area contributed by atoms with E-state index >= 15 is 0 Å². The third-order valence-corrected chi connectivity index (χ3v) is 2.61. The van der Waals surface area contributed by atoms with Crippen LogP contribution in [0.1, 0.15) is 5.69 Å². The molecule has 0 bridgehead atoms. The first kappa shape index (κ1) is 15.8. The van der Waals surface area contributed by atoms with Crippen molar-refractivity contribution in [3.8, 4) is 5.75 Å². The Balaban J connectivity index is 1.76. The highest BCUT2D eigenvalue weighted by Gasteiger charge is 2.38. The summed E-state index contributed by atoms with van der Waals surface area (Å²) in [6.45, 7) is 0.384. The van der Waals surface area contributed by atoms with Gasteiger partial charge in [0.2, 0.25) is 0 Å². The van der Waals surface area contributed by atoms with Gasteiger partial charge >= 0.3 is 12.1 Å². The molecule has 9 heteroatoms. The van der Waals surface area contributed by atoms with Gasteiger partial charge in [-0.3, -0.25) is 4.79 Å². The number of carbonyl (C=O) groups excluding carboxylic acids is 1. The minimum absolute atomic E-state index is 0.234. The molecule has 0 aliphatic heterocycles. The normalized spacial score (nSPS) is 11.2. The van der Waals surface area contributed by atoms with Crippen LogP contribution in [0.5, 0.6) is 5.75 Å². The summed E-state index contributed by atoms with van der Waals surface area (Å²) in [5.41, 5.74) is 0.234. The molecule has 1 aromatic heterocycles. The Morgan fingerprint density at radius 3 is 2.68 bits per heavy atom. The number of nitrogens with zero attached hydrogens (tertiary/aromatic N) is 3. The number of halogens is 3. The van der Waals surface area contributed by atoms with Crippen LogP contribution in [0, 0.1) is 0 Å². The smallest absolute Gasteiger partial charge is 0.471 e. The maximum Gasteiger partial charge on any atom is 0.471 e. The molecule has 118 valence electrons. The van der Waals surface area contributed by atoms with Gasteiger partial charge in [0.05, 0.1) is 19.3 Å². The van der Waals surface area contributed by atoms with E-state index in [1.807, 2.05) is 18.2 Å². The van der Waals surface area contributed by atoms with Gasteiger partial charge in [0.15, 0.2) is 0 Å². The maximum absolute atomic E-state index is 12.0. The van der Waals surface area contributed by atoms with Gasteiger partial charge in [0.25, 0.3) is 0 Å². The summed E-state index contributed by atoms with van der Waals surface area (Å²) in [7, 11) is 0. The van der Waals surface area contributed by atoms with Crippen molar-refractivity contribution < 1.29 is 22.7 Å². The van der Waals surface area contributed by atoms with Crippen molar-refractivity contribution in [3.05, 3.63) is 42.2 Å². The molecule has 1 aromatic carbocycles. The molecule has 1 N–H and O–H groups in total. The Labute approximate surface area is 123 Å². The predicted molar refractivity (Wildman–Crippen MR) is 69.9 cm³/mol. The molecule has 0 spiro atoms. The van der Waals surface area contributed by atoms with Crippen LogP contribution in [0.15, 0.2) is 36.5 Å². The summed E-state index contributed by atoms with van der Waals surface area (Å²) >= 11 is 0. The first-order chi connectivity index (χ1) is 10.4. The van der Waals surface area contributed by atoms with E-state index in [1.165, 1.54) is 10.9 Å². The Morgan fingerprint density at radius 2 is 2.00 bits per heavy atom. The summed E-state index contributed by atoms with van der Waals surface area (Å²) in [4.78, 5) is 10.7. The van der Waals surface area contributed by atoms with Gasteiger partial charge in [-0.05, 0) is 12.1 Å². The third kappa shape index (κ3) is 4.76. The number of benzene rings is 1. The van der Waals surface area contributed by atoms with Crippen LogP contribution in [0.25, 0.3) is 0 Å². The molecule has 0 fully saturated rings. The fraction of sp³-hybridized carbons (Fsp3) is 0.308. The van der Waals surface area contributed by atoms with Crippen LogP contribution in [-0.2, 0) is 17.9 Å². The maximum atomic E-state index is 12.0. The van der Waals surface area contributed by atoms with E-state index in [0.717, 1.165) is 0 Å². The summed E-state index contributed by atoms with van der Waals surface area (Å²) in [5, 5.41) is 9.14. The standard InChI is InChI=1S/C13H13F3N4O2/c14-13(15,16)12(21)17-8-10-9-20(19-18-10)6-7-22-11-4-2-1-3-5-11/h1-5,9H,6-8H2,(H,17,21). The van der Waals surface area contributed by atoms with E-state index in [-0.39, 0.29) is 12.2 Å². The first-order valence-corrected chi connectivity index (χ1v) is 6.37. The Hall–Kier alpha value is -2.58. The second-order valence-electron chi connectivity index (χ2n) is 4.31. The Bertz CT molecular complexity index is 613. The van der Waals surface area contributed by atoms with E-state index < -0.39 is 12.1 Å². The van der Waals surface area contributed by atoms with Crippen LogP contribution >= 0.6 is 0 Å². The molecule has 0 aliphatic rings. The molecule has 2 aromatic rings. The Morgan fingerprint density at radius 1 is 1.27 bits per heavy atom. The molecular weight excluding hydrogens is 301 g/mol. The fourth-order valence-corrected chi connectivity index (χ4v) is 1.57. The van der Waals surface area contributed by atoms with Crippen LogP contribution in [0.3, 0.4) is 0 Å². The number of para-hydroxylation sites is 1. The summed E-state index contributed by atoms with van der Waals surface area (Å²) in [5.74, 6) is -1.30. The lowest BCUT2D eigenvalue weighted by Crippen LogP contribution is -2.36. The molecule has 0 unspecified atom stereocenters. The van der Waals surface area contributed by atoms with E-state index in [2.05, 4.69) is 10.3 Å². The van der Waals surface area contributed by atoms with Crippen molar-refractivity contribution >= 4 is 5.91 Å². The fourth-order valence-electron chi connectivity index (χ4n) is 1.57. The van der Waals surface area contributed by atoms with Gasteiger partial charge in [-0.1, -0.05) is 23.4 Å². The monoisotopic (exact) mass is 314 g/mol. The summed E-state index contributed by atoms with van der Waals surface area (Å²) in [6, 6.07) is 9.16. The third-order valence-electron chi connectivity index (χ3n) is 2.61. The highest BCUT2D eigenvalue weighted by Crippen LogP contribution is 2.14. The average molecular weight is 314 g/mol. The van der Waals surface area contributed by atoms with Gasteiger partial charge in [0, 0.05) is 0 Å². The number of hydrogen-bond donors (Lipinski definition) is 1. The largest absolute Gasteiger partial charge is 0.492 e. The molecule has 0 atom stereocenters. The van der Waals surface area contributed by atoms with E-state index in [4.69, 9.17) is 4.74 Å². The lowest BCUT2D eigenvalue weighted by molar-refractivity contribution is -0.173. The molecule has 6 nitrogen and oxygen atoms in total. The highest BCUT2D eigenvalue weighted by atomic mass is 19.4. The number of hydrogen-bond acceptors (Lipinski definition) is 4. The predicted octanol–water partition coefficient (Wildman–Crippen LogP) is 1.54. The summed E-state index contributed by atoms with van der Waals surface area (Å²) < 4.78 is 42.9. The topological polar surface area (TPSA) is 69.0 Å². The molecule has 0 radical (unpaired) electrons. The first-order valence-electron chi connectivity index (χ1n) is 6.37. The van der Waals surface area contributed by atoms with Crippen molar-refractivity contribution in [1.82, 2.24) is 20.3 Å². The zero-order valence-electron chi connectivity index (χ0n) is 11.4. The van der Waals surface area contributed by atoms with Crippen LogP contribution in [0.4, 0.5) is 13.2 Å². The second-order valence-corrected chi connectivity index (χ2v) is 4.31. The molecule has 0 saturated carbocycles. The van der Waals surface area contributed by atoms with Crippen molar-refractivity contribution in [2.24, 2.45) is 0 Å². The van der Waals surface area contributed by atoms with Gasteiger partial charge in [0.1, 0.15) is 18.1 Å². The van der Waals surface area contributed by atoms with Gasteiger partial charge in [-0.2, -0.15) is 13.2 Å². The number of amides is 1. The number of ether oxygens (including phenoxy) is 1. The average Bonchev–Trinajstić information content (AvgIpc) is 2.93. The molecule has 22 heavy (non-hydrogen) atoms. The van der Waals surface area contributed by atoms with Crippen molar-refractivity contribution in [2.45, 2.75) is 19.3 Å². The quantitative estimate of drug-likeness (QED) is 0.878. The van der Waals surface area contributed by atoms with Gasteiger partial charge in [-0.25, -0.2) is 4.68 Å². The number of aromatic nitrogens is 3. The molecule has 2 rings (SSSR count). The number of alkyl halides is 3. The number of rotatable bonds is 6. The minimum atomic E-state index is -4.90. The number of nitrogens with one attached hydrogen (secondary N) is 1. The van der Waals surface area contributed by atoms with Gasteiger partial charge < -0.3 is 10.1 Å². The van der Waals surface area contributed by atoms with Gasteiger partial charge in [-0.15, -0.1) is 5.10 Å². The lowest BCUT2D eigenvalue weighted by atomic mass is 10.3. The zero-order chi connectivity index (χ0) is 16.0. The van der Waals surface area contributed by atoms with E-state index in [1.54, 1.807) is 17.4 Å². The Kier molecular flexibility index (Phi) is 4.97. The highest BCUT2D eigenvalue weighted by molar-refractivity contribution is 5.81. The van der Waals surface area contributed by atoms with Crippen LogP contribution in [0.2, 0.25) is 0 Å².